The summed E-state index contributed by atoms with van der Waals surface area (Å²) < 4.78 is 27.7. The van der Waals surface area contributed by atoms with Crippen LogP contribution in [-0.2, 0) is 9.84 Å². The Kier molecular flexibility index (Phi) is 3.65. The summed E-state index contributed by atoms with van der Waals surface area (Å²) in [6.45, 7) is 0. The van der Waals surface area contributed by atoms with Crippen LogP contribution in [-0.4, -0.2) is 43.5 Å². The van der Waals surface area contributed by atoms with Gasteiger partial charge in [0.2, 0.25) is 0 Å². The lowest BCUT2D eigenvalue weighted by molar-refractivity contribution is 0.207. The number of hydrogen-bond acceptors (Lipinski definition) is 5. The molecule has 94 valence electrons. The molecule has 2 atom stereocenters. The van der Waals surface area contributed by atoms with Crippen molar-refractivity contribution in [3.63, 3.8) is 0 Å². The second kappa shape index (κ2) is 4.88. The predicted octanol–water partition coefficient (Wildman–Crippen LogP) is 0.945. The van der Waals surface area contributed by atoms with Crippen molar-refractivity contribution in [2.45, 2.75) is 16.2 Å². The van der Waals surface area contributed by atoms with Crippen LogP contribution in [0.5, 0.6) is 5.75 Å². The average molecular weight is 274 g/mol. The summed E-state index contributed by atoms with van der Waals surface area (Å²) in [5, 5.41) is 9.39. The number of aliphatic hydroxyl groups excluding tert-OH is 1. The highest BCUT2D eigenvalue weighted by atomic mass is 32.2. The molecule has 1 aromatic rings. The Labute approximate surface area is 105 Å². The molecule has 17 heavy (non-hydrogen) atoms. The third-order valence-corrected chi connectivity index (χ3v) is 5.87. The maximum Gasteiger partial charge on any atom is 0.154 e. The molecule has 1 saturated heterocycles. The molecule has 1 fully saturated rings. The first-order chi connectivity index (χ1) is 8.00. The van der Waals surface area contributed by atoms with Crippen LogP contribution in [0.1, 0.15) is 0 Å². The Morgan fingerprint density at radius 1 is 1.29 bits per heavy atom. The van der Waals surface area contributed by atoms with Crippen molar-refractivity contribution in [3.05, 3.63) is 24.3 Å². The maximum atomic E-state index is 11.3. The first-order valence-electron chi connectivity index (χ1n) is 5.19. The Morgan fingerprint density at radius 2 is 1.94 bits per heavy atom. The van der Waals surface area contributed by atoms with Gasteiger partial charge in [-0.2, -0.15) is 0 Å². The number of sulfone groups is 1. The highest BCUT2D eigenvalue weighted by Crippen LogP contribution is 2.32. The highest BCUT2D eigenvalue weighted by Gasteiger charge is 2.36. The summed E-state index contributed by atoms with van der Waals surface area (Å²) in [6.07, 6.45) is -0.771. The minimum Gasteiger partial charge on any atom is -0.497 e. The normalized spacial score (nSPS) is 26.9. The van der Waals surface area contributed by atoms with Gasteiger partial charge in [-0.3, -0.25) is 0 Å². The number of rotatable bonds is 3. The molecule has 0 saturated carbocycles. The van der Waals surface area contributed by atoms with Crippen molar-refractivity contribution in [1.29, 1.82) is 0 Å². The van der Waals surface area contributed by atoms with Crippen molar-refractivity contribution in [2.75, 3.05) is 18.6 Å². The largest absolute Gasteiger partial charge is 0.497 e. The monoisotopic (exact) mass is 274 g/mol. The molecule has 0 aliphatic carbocycles. The number of thioether (sulfide) groups is 1. The fraction of sp³-hybridized carbons (Fsp3) is 0.455. The topological polar surface area (TPSA) is 63.6 Å². The Hall–Kier alpha value is -0.720. The van der Waals surface area contributed by atoms with E-state index in [1.807, 2.05) is 24.3 Å². The van der Waals surface area contributed by atoms with Gasteiger partial charge in [0.15, 0.2) is 9.84 Å². The van der Waals surface area contributed by atoms with Gasteiger partial charge in [-0.15, -0.1) is 11.8 Å². The fourth-order valence-electron chi connectivity index (χ4n) is 1.74. The summed E-state index contributed by atoms with van der Waals surface area (Å²) in [7, 11) is -1.48. The number of methoxy groups -OCH3 is 1. The van der Waals surface area contributed by atoms with E-state index < -0.39 is 15.9 Å². The minimum atomic E-state index is -3.07. The van der Waals surface area contributed by atoms with E-state index in [1.165, 1.54) is 11.8 Å². The zero-order valence-corrected chi connectivity index (χ0v) is 11.0. The van der Waals surface area contributed by atoms with Crippen molar-refractivity contribution >= 4 is 21.6 Å². The van der Waals surface area contributed by atoms with Crippen LogP contribution in [0.2, 0.25) is 0 Å². The number of ether oxygens (including phenoxy) is 1. The van der Waals surface area contributed by atoms with Crippen LogP contribution in [0, 0.1) is 0 Å². The van der Waals surface area contributed by atoms with Gasteiger partial charge in [-0.05, 0) is 24.3 Å². The highest BCUT2D eigenvalue weighted by molar-refractivity contribution is 8.02. The molecule has 2 unspecified atom stereocenters. The second-order valence-corrected chi connectivity index (χ2v) is 7.44. The lowest BCUT2D eigenvalue weighted by Gasteiger charge is -2.12. The molecule has 1 heterocycles. The molecule has 0 aromatic heterocycles. The lowest BCUT2D eigenvalue weighted by atomic mass is 10.3. The Bertz CT molecular complexity index is 481. The lowest BCUT2D eigenvalue weighted by Crippen LogP contribution is -2.19. The van der Waals surface area contributed by atoms with Crippen molar-refractivity contribution in [1.82, 2.24) is 0 Å². The van der Waals surface area contributed by atoms with E-state index in [2.05, 4.69) is 0 Å². The molecule has 4 nitrogen and oxygen atoms in total. The Balaban J connectivity index is 2.06. The first kappa shape index (κ1) is 12.7. The maximum absolute atomic E-state index is 11.3. The molecule has 0 radical (unpaired) electrons. The van der Waals surface area contributed by atoms with Crippen LogP contribution < -0.4 is 4.74 Å². The van der Waals surface area contributed by atoms with Crippen LogP contribution in [0.25, 0.3) is 0 Å². The van der Waals surface area contributed by atoms with Gasteiger partial charge in [0, 0.05) is 4.90 Å². The number of aliphatic hydroxyl groups is 1. The predicted molar refractivity (Wildman–Crippen MR) is 67.3 cm³/mol. The molecular weight excluding hydrogens is 260 g/mol. The fourth-order valence-corrected chi connectivity index (χ4v) is 5.26. The zero-order chi connectivity index (χ0) is 12.5. The van der Waals surface area contributed by atoms with Crippen LogP contribution >= 0.6 is 11.8 Å². The van der Waals surface area contributed by atoms with E-state index >= 15 is 0 Å². The standard InChI is InChI=1S/C11H14O4S2/c1-15-8-2-4-9(5-3-8)16-11-7-17(13,14)6-10(11)12/h2-5,10-12H,6-7H2,1H3. The SMILES string of the molecule is COc1ccc(SC2CS(=O)(=O)CC2O)cc1. The quantitative estimate of drug-likeness (QED) is 0.889. The van der Waals surface area contributed by atoms with Crippen molar-refractivity contribution < 1.29 is 18.3 Å². The molecule has 6 heteroatoms. The molecule has 0 spiro atoms. The number of benzene rings is 1. The van der Waals surface area contributed by atoms with E-state index in [0.29, 0.717) is 0 Å². The summed E-state index contributed by atoms with van der Waals surface area (Å²) >= 11 is 1.40. The average Bonchev–Trinajstić information content (AvgIpc) is 2.53. The Morgan fingerprint density at radius 3 is 2.41 bits per heavy atom. The second-order valence-electron chi connectivity index (χ2n) is 3.98. The van der Waals surface area contributed by atoms with Crippen LogP contribution in [0.3, 0.4) is 0 Å². The molecule has 2 rings (SSSR count). The summed E-state index contributed by atoms with van der Waals surface area (Å²) in [6, 6.07) is 7.36. The van der Waals surface area contributed by atoms with Gasteiger partial charge in [0.05, 0.1) is 30.0 Å². The molecule has 1 aromatic carbocycles. The molecule has 0 bridgehead atoms. The first-order valence-corrected chi connectivity index (χ1v) is 7.89. The van der Waals surface area contributed by atoms with E-state index in [0.717, 1.165) is 10.6 Å². The molecule has 1 N–H and O–H groups in total. The third kappa shape index (κ3) is 3.14. The van der Waals surface area contributed by atoms with E-state index in [1.54, 1.807) is 7.11 Å². The van der Waals surface area contributed by atoms with Crippen LogP contribution in [0.4, 0.5) is 0 Å². The van der Waals surface area contributed by atoms with Crippen molar-refractivity contribution in [3.8, 4) is 5.75 Å². The van der Waals surface area contributed by atoms with Gasteiger partial charge < -0.3 is 9.84 Å². The summed E-state index contributed by atoms with van der Waals surface area (Å²) in [5.41, 5.74) is 0. The third-order valence-electron chi connectivity index (χ3n) is 2.62. The summed E-state index contributed by atoms with van der Waals surface area (Å²) in [4.78, 5) is 0.937. The smallest absolute Gasteiger partial charge is 0.154 e. The molecular formula is C11H14O4S2. The van der Waals surface area contributed by atoms with Gasteiger partial charge in [-0.1, -0.05) is 0 Å². The van der Waals surface area contributed by atoms with Crippen LogP contribution in [0.15, 0.2) is 29.2 Å². The summed E-state index contributed by atoms with van der Waals surface area (Å²) in [5.74, 6) is 0.681. The van der Waals surface area contributed by atoms with E-state index in [4.69, 9.17) is 4.74 Å². The molecule has 1 aliphatic rings. The zero-order valence-electron chi connectivity index (χ0n) is 9.37. The van der Waals surface area contributed by atoms with Gasteiger partial charge in [0.25, 0.3) is 0 Å². The molecule has 0 amide bonds. The van der Waals surface area contributed by atoms with E-state index in [9.17, 15) is 13.5 Å². The van der Waals surface area contributed by atoms with E-state index in [-0.39, 0.29) is 16.8 Å². The number of hydrogen-bond donors (Lipinski definition) is 1. The van der Waals surface area contributed by atoms with Crippen molar-refractivity contribution in [2.24, 2.45) is 0 Å². The van der Waals surface area contributed by atoms with Gasteiger partial charge in [0.1, 0.15) is 5.75 Å². The van der Waals surface area contributed by atoms with Gasteiger partial charge in [-0.25, -0.2) is 8.42 Å². The van der Waals surface area contributed by atoms with Gasteiger partial charge >= 0.3 is 0 Å². The minimum absolute atomic E-state index is 0.0465. The molecule has 1 aliphatic heterocycles.